The molecule has 37 heavy (non-hydrogen) atoms. The number of likely N-dealkylation sites (N-methyl/N-ethyl adjacent to an activating group) is 1. The molecule has 2 aromatic rings. The van der Waals surface area contributed by atoms with Gasteiger partial charge in [0.2, 0.25) is 0 Å². The molecule has 0 aliphatic carbocycles. The highest BCUT2D eigenvalue weighted by Gasteiger charge is 2.36. The molecule has 1 aromatic carbocycles. The maximum absolute atomic E-state index is 12.5. The number of unbranched alkanes of at least 4 members (excludes halogenated alkanes) is 2. The molecule has 202 valence electrons. The van der Waals surface area contributed by atoms with E-state index in [-0.39, 0.29) is 0 Å². The van der Waals surface area contributed by atoms with Crippen molar-refractivity contribution >= 4 is 17.5 Å². The molecule has 1 fully saturated rings. The molecule has 1 aromatic heterocycles. The number of carboxylic acids is 1. The summed E-state index contributed by atoms with van der Waals surface area (Å²) in [4.78, 5) is 21.9. The fraction of sp³-hybridized carbons (Fsp3) is 0.600. The molecule has 2 aliphatic rings. The topological polar surface area (TPSA) is 80.7 Å². The predicted octanol–water partition coefficient (Wildman–Crippen LogP) is 4.90. The molecule has 3 heterocycles. The van der Waals surface area contributed by atoms with Crippen LogP contribution in [0.15, 0.2) is 24.3 Å². The summed E-state index contributed by atoms with van der Waals surface area (Å²) in [7, 11) is 4.08. The number of carboxylic acid groups (broad SMARTS) is 1. The van der Waals surface area contributed by atoms with Crippen LogP contribution in [0.1, 0.15) is 73.0 Å². The number of carbonyl (C=O) groups is 1. The number of hydrogen-bond donors (Lipinski definition) is 3. The van der Waals surface area contributed by atoms with Gasteiger partial charge in [-0.15, -0.1) is 0 Å². The Kier molecular flexibility index (Phi) is 9.43. The number of nitrogens with one attached hydrogen (secondary N) is 2. The lowest BCUT2D eigenvalue weighted by Gasteiger charge is -2.29. The van der Waals surface area contributed by atoms with Crippen LogP contribution in [0.4, 0.5) is 11.5 Å². The molecule has 1 saturated heterocycles. The van der Waals surface area contributed by atoms with Crippen molar-refractivity contribution in [1.29, 1.82) is 0 Å². The number of rotatable bonds is 12. The van der Waals surface area contributed by atoms with E-state index < -0.39 is 12.0 Å². The number of likely N-dealkylation sites (tertiary alicyclic amines) is 1. The van der Waals surface area contributed by atoms with E-state index >= 15 is 0 Å². The fourth-order valence-electron chi connectivity index (χ4n) is 6.04. The van der Waals surface area contributed by atoms with Crippen LogP contribution in [-0.2, 0) is 24.1 Å². The highest BCUT2D eigenvalue weighted by Crippen LogP contribution is 2.34. The average molecular weight is 508 g/mol. The number of pyridine rings is 1. The second-order valence-electron chi connectivity index (χ2n) is 10.8. The van der Waals surface area contributed by atoms with Gasteiger partial charge < -0.3 is 20.6 Å². The van der Waals surface area contributed by atoms with Crippen LogP contribution < -0.4 is 10.6 Å². The minimum absolute atomic E-state index is 0.392. The molecule has 2 unspecified atom stereocenters. The van der Waals surface area contributed by atoms with E-state index in [0.29, 0.717) is 6.04 Å². The Bertz CT molecular complexity index is 1070. The lowest BCUT2D eigenvalue weighted by atomic mass is 9.96. The summed E-state index contributed by atoms with van der Waals surface area (Å²) < 4.78 is 0. The molecule has 0 bridgehead atoms. The minimum atomic E-state index is -0.765. The average Bonchev–Trinajstić information content (AvgIpc) is 3.37. The number of anilines is 2. The summed E-state index contributed by atoms with van der Waals surface area (Å²) in [5, 5.41) is 17.0. The minimum Gasteiger partial charge on any atom is -0.480 e. The summed E-state index contributed by atoms with van der Waals surface area (Å²) in [6.07, 6.45) is 8.74. The SMILES string of the molecule is CCc1cc(C)c(NC)c(C(C(=O)O)N2CCC(N(C)CCCCCc3ccc4c(n3)NCCC4)C2)c1. The third-order valence-corrected chi connectivity index (χ3v) is 8.19. The summed E-state index contributed by atoms with van der Waals surface area (Å²) in [5.74, 6) is 0.325. The Morgan fingerprint density at radius 1 is 1.30 bits per heavy atom. The van der Waals surface area contributed by atoms with Crippen molar-refractivity contribution in [2.24, 2.45) is 0 Å². The summed E-state index contributed by atoms with van der Waals surface area (Å²) >= 11 is 0. The molecule has 4 rings (SSSR count). The smallest absolute Gasteiger partial charge is 0.325 e. The van der Waals surface area contributed by atoms with Crippen LogP contribution in [0.3, 0.4) is 0 Å². The van der Waals surface area contributed by atoms with Gasteiger partial charge in [-0.1, -0.05) is 31.5 Å². The first kappa shape index (κ1) is 27.4. The highest BCUT2D eigenvalue weighted by atomic mass is 16.4. The van der Waals surface area contributed by atoms with Crippen molar-refractivity contribution in [2.75, 3.05) is 50.9 Å². The van der Waals surface area contributed by atoms with Crippen LogP contribution in [0.2, 0.25) is 0 Å². The second-order valence-corrected chi connectivity index (χ2v) is 10.8. The van der Waals surface area contributed by atoms with E-state index in [4.69, 9.17) is 4.98 Å². The second kappa shape index (κ2) is 12.7. The molecule has 0 saturated carbocycles. The number of benzene rings is 1. The molecule has 0 amide bonds. The van der Waals surface area contributed by atoms with Gasteiger partial charge in [-0.05, 0) is 88.2 Å². The molecule has 0 radical (unpaired) electrons. The van der Waals surface area contributed by atoms with Crippen molar-refractivity contribution in [3.63, 3.8) is 0 Å². The van der Waals surface area contributed by atoms with Crippen LogP contribution in [0.5, 0.6) is 0 Å². The maximum atomic E-state index is 12.5. The Balaban J connectivity index is 1.28. The van der Waals surface area contributed by atoms with Gasteiger partial charge >= 0.3 is 5.97 Å². The van der Waals surface area contributed by atoms with Crippen molar-refractivity contribution in [3.05, 3.63) is 52.2 Å². The van der Waals surface area contributed by atoms with Gasteiger partial charge in [0.15, 0.2) is 0 Å². The van der Waals surface area contributed by atoms with Crippen molar-refractivity contribution in [3.8, 4) is 0 Å². The number of aliphatic carboxylic acids is 1. The van der Waals surface area contributed by atoms with Crippen LogP contribution in [0, 0.1) is 6.92 Å². The normalized spacial score (nSPS) is 18.5. The lowest BCUT2D eigenvalue weighted by Crippen LogP contribution is -2.38. The zero-order chi connectivity index (χ0) is 26.4. The molecule has 7 nitrogen and oxygen atoms in total. The number of nitrogens with zero attached hydrogens (tertiary/aromatic N) is 3. The predicted molar refractivity (Wildman–Crippen MR) is 152 cm³/mol. The van der Waals surface area contributed by atoms with Gasteiger partial charge in [0.1, 0.15) is 11.9 Å². The van der Waals surface area contributed by atoms with E-state index in [2.05, 4.69) is 65.6 Å². The molecule has 2 atom stereocenters. The Hall–Kier alpha value is -2.64. The summed E-state index contributed by atoms with van der Waals surface area (Å²) in [5.41, 5.74) is 6.68. The number of aryl methyl sites for hydroxylation is 4. The van der Waals surface area contributed by atoms with Crippen molar-refractivity contribution in [2.45, 2.75) is 77.3 Å². The van der Waals surface area contributed by atoms with Crippen molar-refractivity contribution in [1.82, 2.24) is 14.8 Å². The van der Waals surface area contributed by atoms with E-state index in [1.807, 2.05) is 7.05 Å². The van der Waals surface area contributed by atoms with E-state index in [9.17, 15) is 9.90 Å². The number of aromatic nitrogens is 1. The monoisotopic (exact) mass is 507 g/mol. The Morgan fingerprint density at radius 3 is 2.89 bits per heavy atom. The van der Waals surface area contributed by atoms with E-state index in [1.165, 1.54) is 29.7 Å². The van der Waals surface area contributed by atoms with E-state index in [0.717, 1.165) is 87.3 Å². The number of fused-ring (bicyclic) bond motifs is 1. The summed E-state index contributed by atoms with van der Waals surface area (Å²) in [6, 6.07) is 8.46. The largest absolute Gasteiger partial charge is 0.480 e. The maximum Gasteiger partial charge on any atom is 0.325 e. The zero-order valence-electron chi connectivity index (χ0n) is 23.1. The highest BCUT2D eigenvalue weighted by molar-refractivity contribution is 5.79. The fourth-order valence-corrected chi connectivity index (χ4v) is 6.04. The van der Waals surface area contributed by atoms with Gasteiger partial charge in [0.05, 0.1) is 0 Å². The van der Waals surface area contributed by atoms with Gasteiger partial charge in [-0.3, -0.25) is 9.69 Å². The van der Waals surface area contributed by atoms with Gasteiger partial charge in [-0.25, -0.2) is 4.98 Å². The van der Waals surface area contributed by atoms with Crippen molar-refractivity contribution < 1.29 is 9.90 Å². The van der Waals surface area contributed by atoms with Crippen LogP contribution in [0.25, 0.3) is 0 Å². The molecule has 2 aliphatic heterocycles. The van der Waals surface area contributed by atoms with Crippen LogP contribution >= 0.6 is 0 Å². The third kappa shape index (κ3) is 6.63. The molecule has 3 N–H and O–H groups in total. The van der Waals surface area contributed by atoms with Crippen LogP contribution in [-0.4, -0.2) is 72.2 Å². The van der Waals surface area contributed by atoms with Gasteiger partial charge in [0.25, 0.3) is 0 Å². The molecule has 0 spiro atoms. The molecular formula is C30H45N5O2. The third-order valence-electron chi connectivity index (χ3n) is 8.19. The van der Waals surface area contributed by atoms with Gasteiger partial charge in [0, 0.05) is 49.7 Å². The first-order valence-corrected chi connectivity index (χ1v) is 14.1. The first-order chi connectivity index (χ1) is 17.9. The molecular weight excluding hydrogens is 462 g/mol. The first-order valence-electron chi connectivity index (χ1n) is 14.1. The standard InChI is InChI=1S/C30H45N5O2/c1-5-22-18-21(2)27(31-3)26(19-22)28(30(36)37)35-17-14-25(20-35)34(4)16-8-6-7-11-24-13-12-23-10-9-15-32-29(23)33-24/h12-13,18-19,25,28,31H,5-11,14-17,20H2,1-4H3,(H,32,33)(H,36,37). The Morgan fingerprint density at radius 2 is 2.14 bits per heavy atom. The zero-order valence-corrected chi connectivity index (χ0v) is 23.1. The lowest BCUT2D eigenvalue weighted by molar-refractivity contribution is -0.143. The summed E-state index contributed by atoms with van der Waals surface area (Å²) in [6.45, 7) is 7.85. The number of hydrogen-bond acceptors (Lipinski definition) is 6. The van der Waals surface area contributed by atoms with Gasteiger partial charge in [-0.2, -0.15) is 0 Å². The van der Waals surface area contributed by atoms with E-state index in [1.54, 1.807) is 0 Å². The molecule has 7 heteroatoms. The Labute approximate surface area is 222 Å². The quantitative estimate of drug-likeness (QED) is 0.353.